The summed E-state index contributed by atoms with van der Waals surface area (Å²) in [4.78, 5) is 25.7. The summed E-state index contributed by atoms with van der Waals surface area (Å²) in [5.41, 5.74) is 0. The first-order valence-electron chi connectivity index (χ1n) is 5.87. The summed E-state index contributed by atoms with van der Waals surface area (Å²) in [6.45, 7) is 6.95. The molecule has 0 aromatic rings. The second-order valence-electron chi connectivity index (χ2n) is 3.43. The monoisotopic (exact) mass is 246 g/mol. The first-order chi connectivity index (χ1) is 8.13. The first-order valence-corrected chi connectivity index (χ1v) is 5.87. The summed E-state index contributed by atoms with van der Waals surface area (Å²) < 4.78 is 4.26. The van der Waals surface area contributed by atoms with Gasteiger partial charge in [0.05, 0.1) is 7.11 Å². The van der Waals surface area contributed by atoms with Crippen LogP contribution in [0.3, 0.4) is 0 Å². The molecule has 100 valence electrons. The summed E-state index contributed by atoms with van der Waals surface area (Å²) in [5, 5.41) is 4.88. The molecule has 1 aliphatic heterocycles. The average Bonchev–Trinajstić information content (AvgIpc) is 2.39. The van der Waals surface area contributed by atoms with Gasteiger partial charge in [-0.25, -0.2) is 0 Å². The Hall–Kier alpha value is -1.14. The van der Waals surface area contributed by atoms with Crippen molar-refractivity contribution < 1.29 is 19.2 Å². The van der Waals surface area contributed by atoms with E-state index >= 15 is 0 Å². The highest BCUT2D eigenvalue weighted by Gasteiger charge is 2.12. The molecule has 1 rings (SSSR count). The van der Waals surface area contributed by atoms with Gasteiger partial charge in [0.15, 0.2) is 0 Å². The van der Waals surface area contributed by atoms with Crippen molar-refractivity contribution in [2.24, 2.45) is 0 Å². The van der Waals surface area contributed by atoms with Gasteiger partial charge < -0.3 is 14.9 Å². The Kier molecular flexibility index (Phi) is 9.37. The van der Waals surface area contributed by atoms with Gasteiger partial charge in [0.25, 0.3) is 0 Å². The van der Waals surface area contributed by atoms with E-state index in [0.29, 0.717) is 12.8 Å². The third kappa shape index (κ3) is 8.65. The third-order valence-electron chi connectivity index (χ3n) is 2.11. The number of rotatable bonds is 3. The van der Waals surface area contributed by atoms with Crippen molar-refractivity contribution in [2.75, 3.05) is 33.3 Å². The number of ether oxygens (including phenoxy) is 1. The standard InChI is InChI=1S/C7H14N2O2.C4H8O2/c1-2-7(10)11-9-5-3-8-4-6-9;1-3-4(5)6-2/h8H,2-6H2,1H3;3H2,1-2H3. The zero-order valence-corrected chi connectivity index (χ0v) is 10.8. The van der Waals surface area contributed by atoms with Crippen LogP contribution in [0.5, 0.6) is 0 Å². The number of carbonyl (C=O) groups excluding carboxylic acids is 2. The number of methoxy groups -OCH3 is 1. The summed E-state index contributed by atoms with van der Waals surface area (Å²) >= 11 is 0. The first kappa shape index (κ1) is 15.9. The Bertz CT molecular complexity index is 222. The van der Waals surface area contributed by atoms with Crippen LogP contribution in [0.15, 0.2) is 0 Å². The molecule has 6 nitrogen and oxygen atoms in total. The Morgan fingerprint density at radius 1 is 1.12 bits per heavy atom. The van der Waals surface area contributed by atoms with Crippen LogP contribution in [-0.2, 0) is 19.2 Å². The molecule has 0 aromatic heterocycles. The quantitative estimate of drug-likeness (QED) is 0.724. The molecule has 0 amide bonds. The Balaban J connectivity index is 0.000000366. The highest BCUT2D eigenvalue weighted by molar-refractivity contribution is 5.68. The van der Waals surface area contributed by atoms with Gasteiger partial charge in [-0.2, -0.15) is 0 Å². The molecular weight excluding hydrogens is 224 g/mol. The smallest absolute Gasteiger partial charge is 0.324 e. The van der Waals surface area contributed by atoms with Crippen LogP contribution in [0, 0.1) is 0 Å². The van der Waals surface area contributed by atoms with Crippen molar-refractivity contribution in [3.63, 3.8) is 0 Å². The molecule has 1 N–H and O–H groups in total. The predicted molar refractivity (Wildman–Crippen MR) is 63.1 cm³/mol. The van der Waals surface area contributed by atoms with Crippen LogP contribution in [0.1, 0.15) is 26.7 Å². The lowest BCUT2D eigenvalue weighted by molar-refractivity contribution is -0.192. The van der Waals surface area contributed by atoms with Crippen molar-refractivity contribution in [3.05, 3.63) is 0 Å². The second-order valence-corrected chi connectivity index (χ2v) is 3.43. The lowest BCUT2D eigenvalue weighted by atomic mass is 10.4. The van der Waals surface area contributed by atoms with E-state index in [2.05, 4.69) is 10.1 Å². The summed E-state index contributed by atoms with van der Waals surface area (Å²) in [6.07, 6.45) is 0.917. The molecule has 1 aliphatic rings. The molecule has 0 bridgehead atoms. The minimum atomic E-state index is -0.157. The van der Waals surface area contributed by atoms with Gasteiger partial charge in [0.2, 0.25) is 0 Å². The van der Waals surface area contributed by atoms with Crippen molar-refractivity contribution in [1.82, 2.24) is 10.4 Å². The van der Waals surface area contributed by atoms with Crippen LogP contribution < -0.4 is 5.32 Å². The minimum Gasteiger partial charge on any atom is -0.469 e. The van der Waals surface area contributed by atoms with Gasteiger partial charge >= 0.3 is 11.9 Å². The van der Waals surface area contributed by atoms with E-state index in [-0.39, 0.29) is 11.9 Å². The van der Waals surface area contributed by atoms with Crippen LogP contribution in [0.4, 0.5) is 0 Å². The predicted octanol–water partition coefficient (Wildman–Crippen LogP) is 0.329. The number of nitrogens with zero attached hydrogens (tertiary/aromatic N) is 1. The van der Waals surface area contributed by atoms with Crippen LogP contribution >= 0.6 is 0 Å². The number of piperazine rings is 1. The Morgan fingerprint density at radius 2 is 1.65 bits per heavy atom. The van der Waals surface area contributed by atoms with E-state index in [4.69, 9.17) is 4.84 Å². The molecule has 0 atom stereocenters. The maximum absolute atomic E-state index is 10.8. The van der Waals surface area contributed by atoms with E-state index in [1.54, 1.807) is 18.9 Å². The van der Waals surface area contributed by atoms with Crippen molar-refractivity contribution in [2.45, 2.75) is 26.7 Å². The van der Waals surface area contributed by atoms with Gasteiger partial charge in [-0.1, -0.05) is 13.8 Å². The maximum atomic E-state index is 10.8. The van der Waals surface area contributed by atoms with Gasteiger partial charge in [0, 0.05) is 39.0 Å². The molecule has 0 unspecified atom stereocenters. The number of esters is 1. The van der Waals surface area contributed by atoms with Gasteiger partial charge in [-0.05, 0) is 0 Å². The molecular formula is C11H22N2O4. The van der Waals surface area contributed by atoms with E-state index < -0.39 is 0 Å². The molecule has 1 heterocycles. The molecule has 1 saturated heterocycles. The molecule has 0 aliphatic carbocycles. The SMILES string of the molecule is CCC(=O)OC.CCC(=O)ON1CCNCC1. The largest absolute Gasteiger partial charge is 0.469 e. The fourth-order valence-electron chi connectivity index (χ4n) is 1.09. The summed E-state index contributed by atoms with van der Waals surface area (Å²) in [5.74, 6) is -0.304. The summed E-state index contributed by atoms with van der Waals surface area (Å²) in [7, 11) is 1.38. The fraction of sp³-hybridized carbons (Fsp3) is 0.818. The van der Waals surface area contributed by atoms with Crippen molar-refractivity contribution >= 4 is 11.9 Å². The Labute approximate surface area is 102 Å². The molecule has 0 aromatic carbocycles. The second kappa shape index (κ2) is 10.0. The summed E-state index contributed by atoms with van der Waals surface area (Å²) in [6, 6.07) is 0. The maximum Gasteiger partial charge on any atom is 0.324 e. The number of nitrogens with one attached hydrogen (secondary N) is 1. The molecule has 0 spiro atoms. The molecule has 1 fully saturated rings. The zero-order valence-electron chi connectivity index (χ0n) is 10.8. The van der Waals surface area contributed by atoms with Crippen molar-refractivity contribution in [3.8, 4) is 0 Å². The normalized spacial score (nSPS) is 15.5. The lowest BCUT2D eigenvalue weighted by Crippen LogP contribution is -2.44. The number of hydrogen-bond donors (Lipinski definition) is 1. The van der Waals surface area contributed by atoms with Gasteiger partial charge in [0.1, 0.15) is 0 Å². The Morgan fingerprint density at radius 3 is 2.00 bits per heavy atom. The van der Waals surface area contributed by atoms with Gasteiger partial charge in [-0.3, -0.25) is 9.59 Å². The van der Waals surface area contributed by atoms with E-state index in [0.717, 1.165) is 26.2 Å². The molecule has 0 saturated carbocycles. The fourth-order valence-corrected chi connectivity index (χ4v) is 1.09. The number of hydroxylamine groups is 2. The third-order valence-corrected chi connectivity index (χ3v) is 2.11. The average molecular weight is 246 g/mol. The number of carbonyl (C=O) groups is 2. The van der Waals surface area contributed by atoms with E-state index in [1.165, 1.54) is 7.11 Å². The van der Waals surface area contributed by atoms with Crippen LogP contribution in [0.2, 0.25) is 0 Å². The minimum absolute atomic E-state index is 0.146. The van der Waals surface area contributed by atoms with Crippen LogP contribution in [-0.4, -0.2) is 50.3 Å². The highest BCUT2D eigenvalue weighted by Crippen LogP contribution is 1.95. The zero-order chi connectivity index (χ0) is 13.1. The molecule has 0 radical (unpaired) electrons. The van der Waals surface area contributed by atoms with Crippen molar-refractivity contribution in [1.29, 1.82) is 0 Å². The topological polar surface area (TPSA) is 67.9 Å². The molecule has 6 heteroatoms. The van der Waals surface area contributed by atoms with Crippen LogP contribution in [0.25, 0.3) is 0 Å². The van der Waals surface area contributed by atoms with E-state index in [9.17, 15) is 9.59 Å². The van der Waals surface area contributed by atoms with E-state index in [1.807, 2.05) is 0 Å². The number of hydrogen-bond acceptors (Lipinski definition) is 6. The molecule has 17 heavy (non-hydrogen) atoms. The van der Waals surface area contributed by atoms with Gasteiger partial charge in [-0.15, -0.1) is 5.06 Å². The highest BCUT2D eigenvalue weighted by atomic mass is 16.7. The lowest BCUT2D eigenvalue weighted by Gasteiger charge is -2.25.